The van der Waals surface area contributed by atoms with Gasteiger partial charge in [-0.25, -0.2) is 4.98 Å². The number of nitrogens with zero attached hydrogens (tertiary/aromatic N) is 3. The Morgan fingerprint density at radius 2 is 1.93 bits per heavy atom. The van der Waals surface area contributed by atoms with Crippen LogP contribution in [0.4, 0.5) is 11.8 Å². The number of ether oxygens (including phenoxy) is 2. The van der Waals surface area contributed by atoms with Crippen molar-refractivity contribution in [3.05, 3.63) is 12.1 Å². The zero-order valence-electron chi connectivity index (χ0n) is 17.8. The molecule has 2 atom stereocenters. The topological polar surface area (TPSA) is 71.5 Å². The molecule has 0 amide bonds. The van der Waals surface area contributed by atoms with Crippen LogP contribution in [-0.2, 0) is 0 Å². The summed E-state index contributed by atoms with van der Waals surface area (Å²) in [6.45, 7) is 5.31. The van der Waals surface area contributed by atoms with Crippen LogP contribution >= 0.6 is 0 Å². The Hall–Kier alpha value is -2.28. The molecular formula is C22H33N5O2. The van der Waals surface area contributed by atoms with E-state index in [1.807, 2.05) is 12.1 Å². The molecule has 4 rings (SSSR count). The number of piperidine rings is 2. The van der Waals surface area contributed by atoms with Crippen molar-refractivity contribution >= 4 is 22.7 Å². The van der Waals surface area contributed by atoms with Crippen molar-refractivity contribution in [2.75, 3.05) is 44.1 Å². The van der Waals surface area contributed by atoms with Crippen LogP contribution in [0.15, 0.2) is 12.1 Å². The lowest BCUT2D eigenvalue weighted by Crippen LogP contribution is -2.41. The fourth-order valence-electron chi connectivity index (χ4n) is 4.54. The Balaban J connectivity index is 1.79. The van der Waals surface area contributed by atoms with Crippen LogP contribution in [0.25, 0.3) is 10.9 Å². The van der Waals surface area contributed by atoms with Gasteiger partial charge in [-0.05, 0) is 51.1 Å². The number of anilines is 2. The summed E-state index contributed by atoms with van der Waals surface area (Å²) in [5.41, 5.74) is 0.888. The lowest BCUT2D eigenvalue weighted by atomic mass is 10.0. The number of fused-ring (bicyclic) bond motifs is 1. The molecule has 2 N–H and O–H groups in total. The van der Waals surface area contributed by atoms with E-state index in [4.69, 9.17) is 19.4 Å². The Labute approximate surface area is 173 Å². The number of benzene rings is 1. The smallest absolute Gasteiger partial charge is 0.228 e. The zero-order chi connectivity index (χ0) is 20.2. The largest absolute Gasteiger partial charge is 0.493 e. The summed E-state index contributed by atoms with van der Waals surface area (Å²) >= 11 is 0. The minimum Gasteiger partial charge on any atom is -0.493 e. The first-order chi connectivity index (χ1) is 14.2. The van der Waals surface area contributed by atoms with Crippen molar-refractivity contribution in [3.63, 3.8) is 0 Å². The SMILES string of the molecule is CCC1CCCCN1c1nc(N[C@H]2CCCNC2)c2cc(OC)c(OC)cc2n1. The molecule has 0 radical (unpaired) electrons. The molecule has 2 aliphatic rings. The first-order valence-electron chi connectivity index (χ1n) is 10.9. The summed E-state index contributed by atoms with van der Waals surface area (Å²) in [6, 6.07) is 4.83. The predicted molar refractivity (Wildman–Crippen MR) is 117 cm³/mol. The van der Waals surface area contributed by atoms with Gasteiger partial charge in [-0.15, -0.1) is 0 Å². The van der Waals surface area contributed by atoms with E-state index in [0.29, 0.717) is 23.6 Å². The number of hydrogen-bond acceptors (Lipinski definition) is 7. The quantitative estimate of drug-likeness (QED) is 0.769. The molecule has 0 bridgehead atoms. The third-order valence-electron chi connectivity index (χ3n) is 6.18. The van der Waals surface area contributed by atoms with E-state index in [1.165, 1.54) is 25.7 Å². The molecule has 158 valence electrons. The molecule has 1 aromatic carbocycles. The maximum Gasteiger partial charge on any atom is 0.228 e. The average molecular weight is 400 g/mol. The van der Waals surface area contributed by atoms with Gasteiger partial charge in [-0.2, -0.15) is 4.98 Å². The summed E-state index contributed by atoms with van der Waals surface area (Å²) in [5, 5.41) is 8.14. The minimum absolute atomic E-state index is 0.367. The fourth-order valence-corrected chi connectivity index (χ4v) is 4.54. The normalized spacial score (nSPS) is 22.5. The maximum absolute atomic E-state index is 5.54. The molecular weight excluding hydrogens is 366 g/mol. The highest BCUT2D eigenvalue weighted by Crippen LogP contribution is 2.36. The van der Waals surface area contributed by atoms with Crippen LogP contribution in [0.5, 0.6) is 11.5 Å². The lowest BCUT2D eigenvalue weighted by molar-refractivity contribution is 0.355. The van der Waals surface area contributed by atoms with Gasteiger partial charge in [0.05, 0.1) is 19.7 Å². The van der Waals surface area contributed by atoms with Gasteiger partial charge >= 0.3 is 0 Å². The standard InChI is InChI=1S/C22H33N5O2/c1-4-16-9-5-6-11-27(16)22-25-18-13-20(29-3)19(28-2)12-17(18)21(26-22)24-15-8-7-10-23-14-15/h12-13,15-16,23H,4-11,14H2,1-3H3,(H,24,25,26)/t15-,16?/m0/s1. The van der Waals surface area contributed by atoms with Gasteiger partial charge in [0.15, 0.2) is 11.5 Å². The van der Waals surface area contributed by atoms with E-state index in [0.717, 1.165) is 55.1 Å². The van der Waals surface area contributed by atoms with Crippen LogP contribution in [0.2, 0.25) is 0 Å². The van der Waals surface area contributed by atoms with Gasteiger partial charge in [0.1, 0.15) is 5.82 Å². The van der Waals surface area contributed by atoms with Gasteiger partial charge in [0.25, 0.3) is 0 Å². The second kappa shape index (κ2) is 9.03. The minimum atomic E-state index is 0.367. The van der Waals surface area contributed by atoms with Crippen LogP contribution in [-0.4, -0.2) is 55.9 Å². The van der Waals surface area contributed by atoms with Crippen LogP contribution in [0.3, 0.4) is 0 Å². The molecule has 7 nitrogen and oxygen atoms in total. The highest BCUT2D eigenvalue weighted by atomic mass is 16.5. The van der Waals surface area contributed by atoms with E-state index in [2.05, 4.69) is 22.5 Å². The summed E-state index contributed by atoms with van der Waals surface area (Å²) in [7, 11) is 3.33. The van der Waals surface area contributed by atoms with Gasteiger partial charge in [-0.1, -0.05) is 6.92 Å². The highest BCUT2D eigenvalue weighted by molar-refractivity contribution is 5.93. The molecule has 0 spiro atoms. The Morgan fingerprint density at radius 1 is 1.10 bits per heavy atom. The van der Waals surface area contributed by atoms with Crippen molar-refractivity contribution in [2.45, 2.75) is 57.5 Å². The Morgan fingerprint density at radius 3 is 2.66 bits per heavy atom. The van der Waals surface area contributed by atoms with Gasteiger partial charge in [0, 0.05) is 36.6 Å². The Kier molecular flexibility index (Phi) is 6.23. The molecule has 29 heavy (non-hydrogen) atoms. The number of hydrogen-bond donors (Lipinski definition) is 2. The number of aromatic nitrogens is 2. The second-order valence-corrected chi connectivity index (χ2v) is 8.04. The molecule has 1 aromatic heterocycles. The number of methoxy groups -OCH3 is 2. The molecule has 2 aliphatic heterocycles. The second-order valence-electron chi connectivity index (χ2n) is 8.04. The summed E-state index contributed by atoms with van der Waals surface area (Å²) in [5.74, 6) is 3.11. The van der Waals surface area contributed by atoms with E-state index < -0.39 is 0 Å². The summed E-state index contributed by atoms with van der Waals surface area (Å²) in [6.07, 6.45) is 7.12. The van der Waals surface area contributed by atoms with E-state index in [9.17, 15) is 0 Å². The molecule has 0 saturated carbocycles. The van der Waals surface area contributed by atoms with Crippen LogP contribution in [0.1, 0.15) is 45.4 Å². The van der Waals surface area contributed by atoms with Crippen molar-refractivity contribution in [1.82, 2.24) is 15.3 Å². The van der Waals surface area contributed by atoms with Crippen LogP contribution < -0.4 is 25.0 Å². The van der Waals surface area contributed by atoms with E-state index in [1.54, 1.807) is 14.2 Å². The van der Waals surface area contributed by atoms with Crippen molar-refractivity contribution in [3.8, 4) is 11.5 Å². The first kappa shape index (κ1) is 20.0. The molecule has 1 unspecified atom stereocenters. The zero-order valence-corrected chi connectivity index (χ0v) is 17.8. The Bertz CT molecular complexity index is 838. The van der Waals surface area contributed by atoms with Crippen LogP contribution in [0, 0.1) is 0 Å². The van der Waals surface area contributed by atoms with Gasteiger partial charge in [0.2, 0.25) is 5.95 Å². The molecule has 2 saturated heterocycles. The number of rotatable bonds is 6. The van der Waals surface area contributed by atoms with Crippen molar-refractivity contribution in [2.24, 2.45) is 0 Å². The predicted octanol–water partition coefficient (Wildman–Crippen LogP) is 3.58. The van der Waals surface area contributed by atoms with E-state index in [-0.39, 0.29) is 0 Å². The number of nitrogens with one attached hydrogen (secondary N) is 2. The summed E-state index contributed by atoms with van der Waals surface area (Å²) < 4.78 is 11.1. The molecule has 3 heterocycles. The fraction of sp³-hybridized carbons (Fsp3) is 0.636. The summed E-state index contributed by atoms with van der Waals surface area (Å²) in [4.78, 5) is 12.4. The molecule has 0 aliphatic carbocycles. The van der Waals surface area contributed by atoms with Crippen molar-refractivity contribution in [1.29, 1.82) is 0 Å². The molecule has 7 heteroatoms. The van der Waals surface area contributed by atoms with Crippen molar-refractivity contribution < 1.29 is 9.47 Å². The first-order valence-corrected chi connectivity index (χ1v) is 10.9. The molecule has 2 aromatic rings. The third kappa shape index (κ3) is 4.20. The molecule has 2 fully saturated rings. The monoisotopic (exact) mass is 399 g/mol. The lowest BCUT2D eigenvalue weighted by Gasteiger charge is -2.35. The third-order valence-corrected chi connectivity index (χ3v) is 6.18. The highest BCUT2D eigenvalue weighted by Gasteiger charge is 2.25. The average Bonchev–Trinajstić information content (AvgIpc) is 2.78. The van der Waals surface area contributed by atoms with Gasteiger partial charge in [-0.3, -0.25) is 0 Å². The van der Waals surface area contributed by atoms with E-state index >= 15 is 0 Å². The maximum atomic E-state index is 5.54. The van der Waals surface area contributed by atoms with Gasteiger partial charge < -0.3 is 25.0 Å².